The molecule has 4 aromatic rings. The monoisotopic (exact) mass is 495 g/mol. The molecular weight excluding hydrogens is 474 g/mol. The van der Waals surface area contributed by atoms with Gasteiger partial charge in [0.1, 0.15) is 0 Å². The van der Waals surface area contributed by atoms with Gasteiger partial charge in [0, 0.05) is 36.3 Å². The molecule has 34 heavy (non-hydrogen) atoms. The van der Waals surface area contributed by atoms with Crippen LogP contribution in [-0.2, 0) is 14.8 Å². The van der Waals surface area contributed by atoms with Gasteiger partial charge in [-0.25, -0.2) is 22.4 Å². The van der Waals surface area contributed by atoms with Gasteiger partial charge in [0.05, 0.1) is 27.3 Å². The summed E-state index contributed by atoms with van der Waals surface area (Å²) >= 11 is 6.50. The van der Waals surface area contributed by atoms with E-state index in [2.05, 4.69) is 15.3 Å². The van der Waals surface area contributed by atoms with Gasteiger partial charge >= 0.3 is 0 Å². The van der Waals surface area contributed by atoms with Crippen molar-refractivity contribution in [3.05, 3.63) is 72.0 Å². The van der Waals surface area contributed by atoms with Crippen molar-refractivity contribution in [2.24, 2.45) is 0 Å². The fourth-order valence-corrected chi connectivity index (χ4v) is 5.78. The largest absolute Gasteiger partial charge is 0.351 e. The standard InChI is InChI=1S/C24H22ClN5O3S/c25-21-14-26-24(27-17-10-12-29(16-31)13-11-17)28-23(21)20-15-30(22-9-5-4-8-19(20)22)34(32,33)18-6-2-1-3-7-18/h1-9,14-17H,10-13H2,(H,26,27,28). The summed E-state index contributed by atoms with van der Waals surface area (Å²) in [7, 11) is -3.82. The number of fused-ring (bicyclic) bond motifs is 1. The van der Waals surface area contributed by atoms with Crippen LogP contribution in [0.4, 0.5) is 5.95 Å². The number of piperidine rings is 1. The molecule has 1 aliphatic heterocycles. The van der Waals surface area contributed by atoms with E-state index in [1.54, 1.807) is 53.6 Å². The van der Waals surface area contributed by atoms with Crippen molar-refractivity contribution < 1.29 is 13.2 Å². The van der Waals surface area contributed by atoms with E-state index in [1.807, 2.05) is 12.1 Å². The Kier molecular flexibility index (Phi) is 5.97. The minimum absolute atomic E-state index is 0.130. The van der Waals surface area contributed by atoms with E-state index in [0.717, 1.165) is 19.3 Å². The third-order valence-electron chi connectivity index (χ3n) is 5.99. The first-order valence-electron chi connectivity index (χ1n) is 10.9. The molecule has 2 aromatic carbocycles. The molecule has 0 spiro atoms. The average molecular weight is 496 g/mol. The maximum absolute atomic E-state index is 13.4. The summed E-state index contributed by atoms with van der Waals surface area (Å²) in [5, 5.41) is 4.36. The van der Waals surface area contributed by atoms with Crippen molar-refractivity contribution in [2.45, 2.75) is 23.8 Å². The number of likely N-dealkylation sites (tertiary alicyclic amines) is 1. The van der Waals surface area contributed by atoms with E-state index in [-0.39, 0.29) is 10.9 Å². The Morgan fingerprint density at radius 2 is 1.74 bits per heavy atom. The number of nitrogens with zero attached hydrogens (tertiary/aromatic N) is 4. The molecular formula is C24H22ClN5O3S. The molecule has 1 amide bonds. The van der Waals surface area contributed by atoms with Crippen molar-refractivity contribution in [1.29, 1.82) is 0 Å². The van der Waals surface area contributed by atoms with Crippen molar-refractivity contribution in [3.8, 4) is 11.3 Å². The molecule has 8 nitrogen and oxygen atoms in total. The van der Waals surface area contributed by atoms with E-state index in [4.69, 9.17) is 11.6 Å². The number of carbonyl (C=O) groups excluding carboxylic acids is 1. The lowest BCUT2D eigenvalue weighted by Gasteiger charge is -2.29. The van der Waals surface area contributed by atoms with Gasteiger partial charge in [-0.3, -0.25) is 4.79 Å². The lowest BCUT2D eigenvalue weighted by Crippen LogP contribution is -2.38. The summed E-state index contributed by atoms with van der Waals surface area (Å²) in [6.07, 6.45) is 5.52. The SMILES string of the molecule is O=CN1CCC(Nc2ncc(Cl)c(-c3cn(S(=O)(=O)c4ccccc4)c4ccccc34)n2)CC1. The van der Waals surface area contributed by atoms with Gasteiger partial charge < -0.3 is 10.2 Å². The highest BCUT2D eigenvalue weighted by Gasteiger charge is 2.24. The number of nitrogens with one attached hydrogen (secondary N) is 1. The van der Waals surface area contributed by atoms with Crippen LogP contribution in [-0.4, -0.2) is 52.8 Å². The fraction of sp³-hybridized carbons (Fsp3) is 0.208. The van der Waals surface area contributed by atoms with Crippen molar-refractivity contribution >= 4 is 44.9 Å². The topological polar surface area (TPSA) is 97.2 Å². The van der Waals surface area contributed by atoms with Crippen LogP contribution in [0.5, 0.6) is 0 Å². The maximum Gasteiger partial charge on any atom is 0.268 e. The number of anilines is 1. The Morgan fingerprint density at radius 3 is 2.47 bits per heavy atom. The van der Waals surface area contributed by atoms with E-state index in [9.17, 15) is 13.2 Å². The molecule has 0 saturated carbocycles. The number of benzene rings is 2. The lowest BCUT2D eigenvalue weighted by atomic mass is 10.1. The first-order valence-corrected chi connectivity index (χ1v) is 12.7. The molecule has 174 valence electrons. The number of para-hydroxylation sites is 1. The van der Waals surface area contributed by atoms with Crippen LogP contribution < -0.4 is 5.32 Å². The summed E-state index contributed by atoms with van der Waals surface area (Å²) in [4.78, 5) is 21.9. The van der Waals surface area contributed by atoms with Gasteiger partial charge in [0.15, 0.2) is 0 Å². The number of amides is 1. The molecule has 1 fully saturated rings. The normalized spacial score (nSPS) is 14.9. The van der Waals surface area contributed by atoms with Crippen molar-refractivity contribution in [3.63, 3.8) is 0 Å². The number of aromatic nitrogens is 3. The second-order valence-corrected chi connectivity index (χ2v) is 10.3. The second-order valence-electron chi connectivity index (χ2n) is 8.12. The minimum Gasteiger partial charge on any atom is -0.351 e. The molecule has 5 rings (SSSR count). The third kappa shape index (κ3) is 4.12. The number of hydrogen-bond donors (Lipinski definition) is 1. The lowest BCUT2D eigenvalue weighted by molar-refractivity contribution is -0.118. The zero-order valence-electron chi connectivity index (χ0n) is 18.1. The average Bonchev–Trinajstić information content (AvgIpc) is 3.27. The van der Waals surface area contributed by atoms with E-state index < -0.39 is 10.0 Å². The Bertz CT molecular complexity index is 1450. The number of halogens is 1. The van der Waals surface area contributed by atoms with Gasteiger partial charge in [0.25, 0.3) is 10.0 Å². The van der Waals surface area contributed by atoms with E-state index >= 15 is 0 Å². The number of rotatable bonds is 6. The summed E-state index contributed by atoms with van der Waals surface area (Å²) < 4.78 is 28.1. The molecule has 0 bridgehead atoms. The van der Waals surface area contributed by atoms with Crippen LogP contribution in [0.1, 0.15) is 12.8 Å². The number of hydrogen-bond acceptors (Lipinski definition) is 6. The maximum atomic E-state index is 13.4. The molecule has 1 saturated heterocycles. The molecule has 2 aromatic heterocycles. The highest BCUT2D eigenvalue weighted by Crippen LogP contribution is 2.35. The van der Waals surface area contributed by atoms with Crippen molar-refractivity contribution in [1.82, 2.24) is 18.8 Å². The molecule has 0 aliphatic carbocycles. The summed E-state index contributed by atoms with van der Waals surface area (Å²) in [6.45, 7) is 1.35. The smallest absolute Gasteiger partial charge is 0.268 e. The number of carbonyl (C=O) groups is 1. The summed E-state index contributed by atoms with van der Waals surface area (Å²) in [5.41, 5.74) is 1.58. The van der Waals surface area contributed by atoms with Crippen LogP contribution in [0.25, 0.3) is 22.2 Å². The highest BCUT2D eigenvalue weighted by molar-refractivity contribution is 7.90. The van der Waals surface area contributed by atoms with E-state index in [1.165, 1.54) is 10.2 Å². The first kappa shape index (κ1) is 22.4. The fourth-order valence-electron chi connectivity index (χ4n) is 4.20. The van der Waals surface area contributed by atoms with Gasteiger partial charge in [-0.05, 0) is 31.0 Å². The van der Waals surface area contributed by atoms with Crippen LogP contribution in [0.15, 0.2) is 71.9 Å². The van der Waals surface area contributed by atoms with Crippen LogP contribution >= 0.6 is 11.6 Å². The quantitative estimate of drug-likeness (QED) is 0.406. The van der Waals surface area contributed by atoms with Crippen LogP contribution in [0.2, 0.25) is 5.02 Å². The molecule has 10 heteroatoms. The Morgan fingerprint density at radius 1 is 1.03 bits per heavy atom. The van der Waals surface area contributed by atoms with Crippen molar-refractivity contribution in [2.75, 3.05) is 18.4 Å². The van der Waals surface area contributed by atoms with Gasteiger partial charge in [-0.1, -0.05) is 48.0 Å². The molecule has 1 aliphatic rings. The molecule has 3 heterocycles. The summed E-state index contributed by atoms with van der Waals surface area (Å²) in [6, 6.07) is 15.7. The van der Waals surface area contributed by atoms with Gasteiger partial charge in [0.2, 0.25) is 12.4 Å². The highest BCUT2D eigenvalue weighted by atomic mass is 35.5. The Balaban J connectivity index is 1.55. The van der Waals surface area contributed by atoms with E-state index in [0.29, 0.717) is 46.2 Å². The first-order chi connectivity index (χ1) is 16.5. The van der Waals surface area contributed by atoms with Gasteiger partial charge in [-0.15, -0.1) is 0 Å². The third-order valence-corrected chi connectivity index (χ3v) is 7.95. The summed E-state index contributed by atoms with van der Waals surface area (Å²) in [5.74, 6) is 0.409. The van der Waals surface area contributed by atoms with Crippen LogP contribution in [0.3, 0.4) is 0 Å². The Hall–Kier alpha value is -3.43. The van der Waals surface area contributed by atoms with Crippen LogP contribution in [0, 0.1) is 0 Å². The van der Waals surface area contributed by atoms with Gasteiger partial charge in [-0.2, -0.15) is 0 Å². The molecule has 1 N–H and O–H groups in total. The zero-order chi connectivity index (χ0) is 23.7. The predicted molar refractivity (Wildman–Crippen MR) is 131 cm³/mol. The molecule has 0 radical (unpaired) electrons. The zero-order valence-corrected chi connectivity index (χ0v) is 19.7. The molecule has 0 atom stereocenters. The molecule has 0 unspecified atom stereocenters. The Labute approximate surface area is 202 Å². The minimum atomic E-state index is -3.82. The second kappa shape index (κ2) is 9.08. The predicted octanol–water partition coefficient (Wildman–Crippen LogP) is 4.02.